The molecule has 1 fully saturated rings. The van der Waals surface area contributed by atoms with Crippen LogP contribution in [0.15, 0.2) is 18.2 Å². The van der Waals surface area contributed by atoms with Crippen LogP contribution in [0.5, 0.6) is 0 Å². The molecule has 0 radical (unpaired) electrons. The summed E-state index contributed by atoms with van der Waals surface area (Å²) in [5.41, 5.74) is 8.81. The van der Waals surface area contributed by atoms with E-state index < -0.39 is 6.10 Å². The number of nitrogens with two attached hydrogens (primary N) is 1. The molecule has 2 unspecified atom stereocenters. The Morgan fingerprint density at radius 3 is 3.04 bits per heavy atom. The van der Waals surface area contributed by atoms with Gasteiger partial charge < -0.3 is 20.1 Å². The molecule has 1 amide bonds. The highest BCUT2D eigenvalue weighted by Crippen LogP contribution is 2.31. The van der Waals surface area contributed by atoms with E-state index in [4.69, 9.17) is 15.2 Å². The summed E-state index contributed by atoms with van der Waals surface area (Å²) < 4.78 is 11.3. The molecule has 0 aromatic heterocycles. The van der Waals surface area contributed by atoms with Crippen molar-refractivity contribution < 1.29 is 14.3 Å². The molecule has 6 heteroatoms. The first-order chi connectivity index (χ1) is 10.7. The molecular weight excluding hydrogens is 316 g/mol. The first-order valence-corrected chi connectivity index (χ1v) is 8.09. The van der Waals surface area contributed by atoms with Crippen LogP contribution in [0.3, 0.4) is 0 Å². The molecule has 0 aliphatic carbocycles. The van der Waals surface area contributed by atoms with Gasteiger partial charge in [-0.05, 0) is 50.3 Å². The van der Waals surface area contributed by atoms with Crippen LogP contribution in [0, 0.1) is 0 Å². The van der Waals surface area contributed by atoms with E-state index in [1.165, 1.54) is 0 Å². The summed E-state index contributed by atoms with van der Waals surface area (Å²) in [6.07, 6.45) is 3.64. The fourth-order valence-electron chi connectivity index (χ4n) is 3.20. The first kappa shape index (κ1) is 18.0. The molecule has 0 spiro atoms. The molecular formula is C17H25ClN2O3. The monoisotopic (exact) mass is 340 g/mol. The van der Waals surface area contributed by atoms with Crippen LogP contribution < -0.4 is 10.6 Å². The average molecular weight is 341 g/mol. The summed E-state index contributed by atoms with van der Waals surface area (Å²) in [5, 5.41) is 0. The molecule has 1 aromatic carbocycles. The number of carbonyl (C=O) groups excluding carboxylic acids is 1. The lowest BCUT2D eigenvalue weighted by Gasteiger charge is -2.32. The minimum Gasteiger partial charge on any atom is -0.398 e. The number of anilines is 2. The maximum atomic E-state index is 12.7. The Bertz CT molecular complexity index is 547. The summed E-state index contributed by atoms with van der Waals surface area (Å²) in [6, 6.07) is 5.76. The Kier molecular flexibility index (Phi) is 6.27. The number of hydrogen-bond acceptors (Lipinski definition) is 4. The zero-order chi connectivity index (χ0) is 15.5. The van der Waals surface area contributed by atoms with E-state index in [1.54, 1.807) is 0 Å². The predicted octanol–water partition coefficient (Wildman–Crippen LogP) is 2.55. The third kappa shape index (κ3) is 3.97. The lowest BCUT2D eigenvalue weighted by Crippen LogP contribution is -2.43. The Morgan fingerprint density at radius 2 is 2.30 bits per heavy atom. The Balaban J connectivity index is 0.00000192. The van der Waals surface area contributed by atoms with Gasteiger partial charge in [0, 0.05) is 24.5 Å². The van der Waals surface area contributed by atoms with Gasteiger partial charge in [-0.3, -0.25) is 4.79 Å². The van der Waals surface area contributed by atoms with Crippen LogP contribution in [0.2, 0.25) is 0 Å². The summed E-state index contributed by atoms with van der Waals surface area (Å²) in [7, 11) is 0. The number of rotatable bonds is 4. The van der Waals surface area contributed by atoms with Gasteiger partial charge in [0.15, 0.2) is 0 Å². The third-order valence-corrected chi connectivity index (χ3v) is 4.46. The van der Waals surface area contributed by atoms with Gasteiger partial charge in [-0.15, -0.1) is 12.4 Å². The second-order valence-corrected chi connectivity index (χ2v) is 6.05. The molecule has 1 aromatic rings. The number of benzene rings is 1. The summed E-state index contributed by atoms with van der Waals surface area (Å²) in [6.45, 7) is 3.83. The van der Waals surface area contributed by atoms with E-state index in [2.05, 4.69) is 0 Å². The van der Waals surface area contributed by atoms with Crippen molar-refractivity contribution in [2.24, 2.45) is 0 Å². The normalized spacial score (nSPS) is 21.4. The zero-order valence-corrected chi connectivity index (χ0v) is 14.3. The molecule has 2 N–H and O–H groups in total. The maximum Gasteiger partial charge on any atom is 0.255 e. The smallest absolute Gasteiger partial charge is 0.255 e. The number of halogens is 1. The lowest BCUT2D eigenvalue weighted by molar-refractivity contribution is -0.131. The highest BCUT2D eigenvalue weighted by Gasteiger charge is 2.28. The van der Waals surface area contributed by atoms with E-state index in [0.717, 1.165) is 55.8 Å². The highest BCUT2D eigenvalue weighted by molar-refractivity contribution is 5.98. The Morgan fingerprint density at radius 1 is 1.48 bits per heavy atom. The minimum atomic E-state index is -0.461. The number of nitrogen functional groups attached to an aromatic ring is 1. The highest BCUT2D eigenvalue weighted by atomic mass is 35.5. The number of nitrogens with zero attached hydrogens (tertiary/aromatic N) is 1. The Hall–Kier alpha value is -1.30. The summed E-state index contributed by atoms with van der Waals surface area (Å²) in [5.74, 6) is 0.00421. The second kappa shape index (κ2) is 7.99. The number of amides is 1. The molecule has 2 heterocycles. The number of ether oxygens (including phenoxy) is 2. The van der Waals surface area contributed by atoms with E-state index >= 15 is 0 Å². The summed E-state index contributed by atoms with van der Waals surface area (Å²) >= 11 is 0. The van der Waals surface area contributed by atoms with Gasteiger partial charge in [0.25, 0.3) is 5.91 Å². The van der Waals surface area contributed by atoms with Gasteiger partial charge in [0.05, 0.1) is 12.7 Å². The van der Waals surface area contributed by atoms with Gasteiger partial charge in [-0.25, -0.2) is 0 Å². The Labute approximate surface area is 143 Å². The standard InChI is InChI=1S/C17H24N2O3.ClH/c1-12(22-11-13-5-4-10-21-13)17(20)19-9-3-6-14-15(18)7-2-8-16(14)19;/h2,7-8,12-13H,3-6,9-11,18H2,1H3;1H. The van der Waals surface area contributed by atoms with Crippen molar-refractivity contribution in [3.63, 3.8) is 0 Å². The van der Waals surface area contributed by atoms with Crippen LogP contribution in [0.25, 0.3) is 0 Å². The van der Waals surface area contributed by atoms with Crippen LogP contribution in [0.4, 0.5) is 11.4 Å². The van der Waals surface area contributed by atoms with Crippen molar-refractivity contribution in [2.75, 3.05) is 30.4 Å². The molecule has 2 aliphatic heterocycles. The van der Waals surface area contributed by atoms with Crippen molar-refractivity contribution >= 4 is 29.7 Å². The zero-order valence-electron chi connectivity index (χ0n) is 13.5. The summed E-state index contributed by atoms with van der Waals surface area (Å²) in [4.78, 5) is 14.5. The molecule has 23 heavy (non-hydrogen) atoms. The number of carbonyl (C=O) groups is 1. The predicted molar refractivity (Wildman–Crippen MR) is 93.2 cm³/mol. The van der Waals surface area contributed by atoms with Crippen molar-refractivity contribution in [2.45, 2.75) is 44.8 Å². The van der Waals surface area contributed by atoms with E-state index in [0.29, 0.717) is 6.61 Å². The average Bonchev–Trinajstić information content (AvgIpc) is 3.05. The number of hydrogen-bond donors (Lipinski definition) is 1. The minimum absolute atomic E-state index is 0. The second-order valence-electron chi connectivity index (χ2n) is 6.05. The lowest BCUT2D eigenvalue weighted by atomic mass is 9.99. The fourth-order valence-corrected chi connectivity index (χ4v) is 3.20. The topological polar surface area (TPSA) is 64.8 Å². The van der Waals surface area contributed by atoms with Crippen molar-refractivity contribution in [3.05, 3.63) is 23.8 Å². The van der Waals surface area contributed by atoms with Gasteiger partial charge in [0.1, 0.15) is 6.10 Å². The molecule has 0 bridgehead atoms. The van der Waals surface area contributed by atoms with Gasteiger partial charge in [0.2, 0.25) is 0 Å². The van der Waals surface area contributed by atoms with E-state index in [-0.39, 0.29) is 24.4 Å². The largest absolute Gasteiger partial charge is 0.398 e. The maximum absolute atomic E-state index is 12.7. The van der Waals surface area contributed by atoms with Crippen molar-refractivity contribution in [3.8, 4) is 0 Å². The van der Waals surface area contributed by atoms with Crippen LogP contribution in [0.1, 0.15) is 31.7 Å². The van der Waals surface area contributed by atoms with E-state index in [1.807, 2.05) is 30.0 Å². The van der Waals surface area contributed by atoms with Crippen LogP contribution in [-0.2, 0) is 20.7 Å². The van der Waals surface area contributed by atoms with Gasteiger partial charge in [-0.2, -0.15) is 0 Å². The quantitative estimate of drug-likeness (QED) is 0.855. The fraction of sp³-hybridized carbons (Fsp3) is 0.588. The van der Waals surface area contributed by atoms with Crippen molar-refractivity contribution in [1.82, 2.24) is 0 Å². The number of fused-ring (bicyclic) bond motifs is 1. The molecule has 1 saturated heterocycles. The van der Waals surface area contributed by atoms with Gasteiger partial charge >= 0.3 is 0 Å². The molecule has 128 valence electrons. The van der Waals surface area contributed by atoms with Crippen LogP contribution in [-0.4, -0.2) is 37.9 Å². The SMILES string of the molecule is CC(OCC1CCCO1)C(=O)N1CCCc2c(N)cccc21.Cl. The molecule has 5 nitrogen and oxygen atoms in total. The molecule has 2 aliphatic rings. The molecule has 2 atom stereocenters. The van der Waals surface area contributed by atoms with Crippen LogP contribution >= 0.6 is 12.4 Å². The third-order valence-electron chi connectivity index (χ3n) is 4.46. The molecule has 3 rings (SSSR count). The van der Waals surface area contributed by atoms with E-state index in [9.17, 15) is 4.79 Å². The van der Waals surface area contributed by atoms with Gasteiger partial charge in [-0.1, -0.05) is 6.07 Å². The first-order valence-electron chi connectivity index (χ1n) is 8.09. The van der Waals surface area contributed by atoms with Crippen molar-refractivity contribution in [1.29, 1.82) is 0 Å². The molecule has 0 saturated carbocycles.